The molecule has 0 spiro atoms. The van der Waals surface area contributed by atoms with E-state index in [1.54, 1.807) is 0 Å². The molecular weight excluding hydrogens is 393 g/mol. The number of carbonyl (C=O) groups is 1. The van der Waals surface area contributed by atoms with Crippen molar-refractivity contribution >= 4 is 48.0 Å². The van der Waals surface area contributed by atoms with Crippen LogP contribution in [0.4, 0.5) is 5.69 Å². The van der Waals surface area contributed by atoms with Gasteiger partial charge in [0.15, 0.2) is 0 Å². The second-order valence-corrected chi connectivity index (χ2v) is 6.72. The second-order valence-electron chi connectivity index (χ2n) is 6.32. The molecule has 2 aliphatic rings. The van der Waals surface area contributed by atoms with Gasteiger partial charge in [-0.05, 0) is 35.4 Å². The molecule has 0 unspecified atom stereocenters. The fourth-order valence-electron chi connectivity index (χ4n) is 3.47. The lowest BCUT2D eigenvalue weighted by atomic mass is 10.1. The number of para-hydroxylation sites is 1. The highest BCUT2D eigenvalue weighted by Crippen LogP contribution is 2.26. The molecule has 2 heterocycles. The van der Waals surface area contributed by atoms with Crippen LogP contribution in [-0.4, -0.2) is 37.0 Å². The zero-order valence-corrected chi connectivity index (χ0v) is 16.7. The minimum Gasteiger partial charge on any atom is -0.367 e. The van der Waals surface area contributed by atoms with Crippen LogP contribution in [0, 0.1) is 0 Å². The zero-order valence-electron chi connectivity index (χ0n) is 14.3. The van der Waals surface area contributed by atoms with E-state index in [9.17, 15) is 4.79 Å². The van der Waals surface area contributed by atoms with Gasteiger partial charge in [0.25, 0.3) is 5.91 Å². The normalized spacial score (nSPS) is 15.7. The molecule has 26 heavy (non-hydrogen) atoms. The van der Waals surface area contributed by atoms with Crippen molar-refractivity contribution in [3.8, 4) is 0 Å². The van der Waals surface area contributed by atoms with Crippen molar-refractivity contribution in [2.24, 2.45) is 0 Å². The molecule has 0 radical (unpaired) electrons. The van der Waals surface area contributed by atoms with E-state index in [-0.39, 0.29) is 30.7 Å². The van der Waals surface area contributed by atoms with Gasteiger partial charge in [0.1, 0.15) is 0 Å². The van der Waals surface area contributed by atoms with Crippen molar-refractivity contribution in [1.29, 1.82) is 0 Å². The Labute approximate surface area is 171 Å². The van der Waals surface area contributed by atoms with Crippen LogP contribution in [0.15, 0.2) is 42.5 Å². The van der Waals surface area contributed by atoms with Gasteiger partial charge < -0.3 is 15.1 Å². The van der Waals surface area contributed by atoms with Crippen molar-refractivity contribution in [3.05, 3.63) is 64.2 Å². The second kappa shape index (κ2) is 8.96. The van der Waals surface area contributed by atoms with Gasteiger partial charge in [-0.25, -0.2) is 0 Å². The average molecular weight is 415 g/mol. The fraction of sp³-hybridized carbons (Fsp3) is 0.316. The van der Waals surface area contributed by atoms with Gasteiger partial charge in [-0.15, -0.1) is 24.8 Å². The first-order chi connectivity index (χ1) is 11.7. The minimum absolute atomic E-state index is 0. The highest BCUT2D eigenvalue weighted by molar-refractivity contribution is 6.33. The van der Waals surface area contributed by atoms with E-state index in [0.29, 0.717) is 0 Å². The summed E-state index contributed by atoms with van der Waals surface area (Å²) in [4.78, 5) is 17.0. The molecule has 0 saturated carbocycles. The third-order valence-corrected chi connectivity index (χ3v) is 5.16. The third kappa shape index (κ3) is 4.09. The number of halogens is 3. The summed E-state index contributed by atoms with van der Waals surface area (Å²) in [5.41, 5.74) is 4.39. The molecule has 1 amide bonds. The van der Waals surface area contributed by atoms with E-state index in [1.807, 2.05) is 41.3 Å². The van der Waals surface area contributed by atoms with Crippen LogP contribution >= 0.6 is 36.4 Å². The number of fused-ring (bicyclic) bond motifs is 1. The molecule has 2 aliphatic heterocycles. The standard InChI is InChI=1S/C19H20ClN3O.2ClH/c20-17-3-1-2-4-18(17)22-7-9-23(10-8-22)19(24)14-5-6-15-12-21-13-16(15)11-14;;/h1-6,11,21H,7-10,12-13H2;2*1H. The summed E-state index contributed by atoms with van der Waals surface area (Å²) in [6.45, 7) is 4.82. The van der Waals surface area contributed by atoms with Crippen molar-refractivity contribution < 1.29 is 4.79 Å². The van der Waals surface area contributed by atoms with Crippen molar-refractivity contribution in [2.75, 3.05) is 31.1 Å². The lowest BCUT2D eigenvalue weighted by molar-refractivity contribution is 0.0746. The van der Waals surface area contributed by atoms with Crippen LogP contribution in [0.5, 0.6) is 0 Å². The smallest absolute Gasteiger partial charge is 0.253 e. The topological polar surface area (TPSA) is 35.6 Å². The summed E-state index contributed by atoms with van der Waals surface area (Å²) >= 11 is 6.28. The maximum absolute atomic E-state index is 12.8. The number of piperazine rings is 1. The first-order valence-electron chi connectivity index (χ1n) is 8.33. The maximum atomic E-state index is 12.8. The van der Waals surface area contributed by atoms with Crippen molar-refractivity contribution in [3.63, 3.8) is 0 Å². The molecular formula is C19H22Cl3N3O. The van der Waals surface area contributed by atoms with Crippen LogP contribution in [-0.2, 0) is 13.1 Å². The largest absolute Gasteiger partial charge is 0.367 e. The summed E-state index contributed by atoms with van der Waals surface area (Å²) in [5, 5.41) is 4.09. The van der Waals surface area contributed by atoms with Gasteiger partial charge in [0, 0.05) is 44.8 Å². The number of benzene rings is 2. The number of rotatable bonds is 2. The Morgan fingerprint density at radius 3 is 2.35 bits per heavy atom. The molecule has 140 valence electrons. The molecule has 0 aliphatic carbocycles. The van der Waals surface area contributed by atoms with Gasteiger partial charge in [-0.3, -0.25) is 4.79 Å². The van der Waals surface area contributed by atoms with Crippen LogP contribution in [0.3, 0.4) is 0 Å². The van der Waals surface area contributed by atoms with Gasteiger partial charge in [-0.1, -0.05) is 29.8 Å². The molecule has 0 aromatic heterocycles. The van der Waals surface area contributed by atoms with Gasteiger partial charge in [0.2, 0.25) is 0 Å². The van der Waals surface area contributed by atoms with E-state index >= 15 is 0 Å². The Morgan fingerprint density at radius 1 is 0.923 bits per heavy atom. The third-order valence-electron chi connectivity index (χ3n) is 4.84. The highest BCUT2D eigenvalue weighted by Gasteiger charge is 2.24. The van der Waals surface area contributed by atoms with E-state index in [4.69, 9.17) is 11.6 Å². The summed E-state index contributed by atoms with van der Waals surface area (Å²) < 4.78 is 0. The van der Waals surface area contributed by atoms with E-state index in [2.05, 4.69) is 16.3 Å². The van der Waals surface area contributed by atoms with Crippen LogP contribution in [0.25, 0.3) is 0 Å². The molecule has 1 saturated heterocycles. The first-order valence-corrected chi connectivity index (χ1v) is 8.71. The van der Waals surface area contributed by atoms with Gasteiger partial charge >= 0.3 is 0 Å². The van der Waals surface area contributed by atoms with E-state index in [0.717, 1.165) is 55.5 Å². The Morgan fingerprint density at radius 2 is 1.62 bits per heavy atom. The molecule has 2 aromatic rings. The lowest BCUT2D eigenvalue weighted by Gasteiger charge is -2.36. The number of anilines is 1. The minimum atomic E-state index is 0. The van der Waals surface area contributed by atoms with Crippen LogP contribution < -0.4 is 10.2 Å². The molecule has 4 nitrogen and oxygen atoms in total. The monoisotopic (exact) mass is 413 g/mol. The van der Waals surface area contributed by atoms with E-state index in [1.165, 1.54) is 11.1 Å². The molecule has 2 aromatic carbocycles. The summed E-state index contributed by atoms with van der Waals surface area (Å²) in [6.07, 6.45) is 0. The molecule has 4 rings (SSSR count). The first kappa shape index (κ1) is 20.8. The number of nitrogens with zero attached hydrogens (tertiary/aromatic N) is 2. The van der Waals surface area contributed by atoms with Gasteiger partial charge in [-0.2, -0.15) is 0 Å². The number of hydrogen-bond acceptors (Lipinski definition) is 3. The molecule has 0 atom stereocenters. The number of amides is 1. The lowest BCUT2D eigenvalue weighted by Crippen LogP contribution is -2.48. The Balaban J connectivity index is 0.00000121. The fourth-order valence-corrected chi connectivity index (χ4v) is 3.72. The maximum Gasteiger partial charge on any atom is 0.253 e. The molecule has 0 bridgehead atoms. The summed E-state index contributed by atoms with van der Waals surface area (Å²) in [7, 11) is 0. The predicted molar refractivity (Wildman–Crippen MR) is 111 cm³/mol. The Kier molecular flexibility index (Phi) is 7.18. The Hall–Kier alpha value is -1.46. The molecule has 1 N–H and O–H groups in total. The van der Waals surface area contributed by atoms with Crippen molar-refractivity contribution in [2.45, 2.75) is 13.1 Å². The quantitative estimate of drug-likeness (QED) is 0.813. The summed E-state index contributed by atoms with van der Waals surface area (Å²) in [6, 6.07) is 13.9. The van der Waals surface area contributed by atoms with Gasteiger partial charge in [0.05, 0.1) is 10.7 Å². The van der Waals surface area contributed by atoms with Crippen molar-refractivity contribution in [1.82, 2.24) is 10.2 Å². The molecule has 7 heteroatoms. The number of nitrogens with one attached hydrogen (secondary N) is 1. The highest BCUT2D eigenvalue weighted by atomic mass is 35.5. The number of carbonyl (C=O) groups excluding carboxylic acids is 1. The van der Waals surface area contributed by atoms with E-state index < -0.39 is 0 Å². The Bertz CT molecular complexity index is 776. The van der Waals surface area contributed by atoms with Crippen LogP contribution in [0.2, 0.25) is 5.02 Å². The summed E-state index contributed by atoms with van der Waals surface area (Å²) in [5.74, 6) is 0.128. The average Bonchev–Trinajstić information content (AvgIpc) is 3.09. The SMILES string of the molecule is Cl.Cl.O=C(c1ccc2c(c1)CNC2)N1CCN(c2ccccc2Cl)CC1. The van der Waals surface area contributed by atoms with Crippen LogP contribution in [0.1, 0.15) is 21.5 Å². The molecule has 1 fully saturated rings. The zero-order chi connectivity index (χ0) is 16.5. The predicted octanol–water partition coefficient (Wildman–Crippen LogP) is 3.75. The number of hydrogen-bond donors (Lipinski definition) is 1.